The molecule has 0 atom stereocenters. The van der Waals surface area contributed by atoms with Crippen LogP contribution in [0.15, 0.2) is 42.3 Å². The number of rotatable bonds is 0. The molecule has 0 aliphatic carbocycles. The molecule has 0 spiro atoms. The quantitative estimate of drug-likeness (QED) is 0.502. The average molecular weight is 247 g/mol. The van der Waals surface area contributed by atoms with Crippen LogP contribution in [0.3, 0.4) is 0 Å². The third kappa shape index (κ3) is 1.66. The van der Waals surface area contributed by atoms with Crippen LogP contribution >= 0.6 is 11.3 Å². The molecule has 0 nitrogen and oxygen atoms in total. The molecule has 0 amide bonds. The van der Waals surface area contributed by atoms with Crippen LogP contribution in [0.1, 0.15) is 35.9 Å². The van der Waals surface area contributed by atoms with E-state index in [-0.39, 0.29) is 47.7 Å². The van der Waals surface area contributed by atoms with Crippen molar-refractivity contribution < 1.29 is 9.60 Å². The van der Waals surface area contributed by atoms with Crippen LogP contribution in [-0.2, 0) is 5.41 Å². The number of benzene rings is 2. The van der Waals surface area contributed by atoms with E-state index < -0.39 is 5.41 Å². The summed E-state index contributed by atoms with van der Waals surface area (Å²) in [7, 11) is 0. The van der Waals surface area contributed by atoms with Gasteiger partial charge in [0.15, 0.2) is 0 Å². The Balaban J connectivity index is 2.73. The van der Waals surface area contributed by atoms with Gasteiger partial charge in [0.2, 0.25) is 0 Å². The normalized spacial score (nSPS) is 18.2. The topological polar surface area (TPSA) is 0 Å². The van der Waals surface area contributed by atoms with Crippen LogP contribution in [0, 0.1) is 0 Å². The summed E-state index contributed by atoms with van der Waals surface area (Å²) in [6.07, 6.45) is 0. The Morgan fingerprint density at radius 2 is 1.65 bits per heavy atom. The summed E-state index contributed by atoms with van der Waals surface area (Å²) < 4.78 is 57.7. The number of hydrogen-bond acceptors (Lipinski definition) is 1. The molecular weight excluding hydrogens is 224 g/mol. The highest BCUT2D eigenvalue weighted by molar-refractivity contribution is 7.26. The molecule has 0 bridgehead atoms. The van der Waals surface area contributed by atoms with Gasteiger partial charge in [-0.15, -0.1) is 11.3 Å². The molecule has 1 heteroatoms. The Labute approximate surface area is 116 Å². The lowest BCUT2D eigenvalue weighted by Gasteiger charge is -2.19. The van der Waals surface area contributed by atoms with Crippen molar-refractivity contribution in [3.8, 4) is 0 Å². The van der Waals surface area contributed by atoms with E-state index in [1.165, 1.54) is 11.3 Å². The molecule has 2 aromatic carbocycles. The molecule has 3 rings (SSSR count). The molecule has 0 unspecified atom stereocenters. The molecule has 0 radical (unpaired) electrons. The maximum atomic E-state index is 8.27. The summed E-state index contributed by atoms with van der Waals surface area (Å²) in [4.78, 5) is 0. The molecular formula is C16H16S. The van der Waals surface area contributed by atoms with E-state index in [4.69, 9.17) is 9.60 Å². The van der Waals surface area contributed by atoms with Crippen molar-refractivity contribution >= 4 is 31.5 Å². The standard InChI is InChI=1S/C16H16S/c1-16(2,3)13-9-6-8-12-11-7-4-5-10-14(11)17-15(12)13/h4-10H,1-3H3/i4D,5D,6D,7D,8D,9D,10D. The largest absolute Gasteiger partial charge is 0.135 e. The molecule has 0 N–H and O–H groups in total. The second kappa shape index (κ2) is 3.58. The fourth-order valence-corrected chi connectivity index (χ4v) is 3.13. The average Bonchev–Trinajstić information content (AvgIpc) is 2.87. The van der Waals surface area contributed by atoms with E-state index in [0.29, 0.717) is 20.3 Å². The van der Waals surface area contributed by atoms with Crippen molar-refractivity contribution in [3.63, 3.8) is 0 Å². The zero-order valence-electron chi connectivity index (χ0n) is 16.9. The highest BCUT2D eigenvalue weighted by Gasteiger charge is 2.18. The van der Waals surface area contributed by atoms with Gasteiger partial charge in [0.1, 0.15) is 0 Å². The van der Waals surface area contributed by atoms with Crippen molar-refractivity contribution in [2.24, 2.45) is 0 Å². The zero-order valence-corrected chi connectivity index (χ0v) is 10.7. The SMILES string of the molecule is [2H]c1c([2H])c([2H])c2c(sc3c(C(C)(C)C)c([2H])c([2H])c([2H])c32)c1[2H]. The van der Waals surface area contributed by atoms with Gasteiger partial charge in [0.05, 0.1) is 9.60 Å². The molecule has 0 saturated carbocycles. The summed E-state index contributed by atoms with van der Waals surface area (Å²) in [6.45, 7) is 5.76. The van der Waals surface area contributed by atoms with Crippen LogP contribution in [0.25, 0.3) is 20.2 Å². The van der Waals surface area contributed by atoms with Crippen LogP contribution in [0.2, 0.25) is 0 Å². The zero-order chi connectivity index (χ0) is 18.1. The minimum Gasteiger partial charge on any atom is -0.135 e. The molecule has 1 heterocycles. The Bertz CT molecular complexity index is 1010. The maximum Gasteiger partial charge on any atom is 0.0638 e. The van der Waals surface area contributed by atoms with Crippen molar-refractivity contribution in [3.05, 3.63) is 47.9 Å². The van der Waals surface area contributed by atoms with Gasteiger partial charge in [-0.1, -0.05) is 57.0 Å². The second-order valence-corrected chi connectivity index (χ2v) is 6.03. The van der Waals surface area contributed by atoms with Crippen molar-refractivity contribution in [2.45, 2.75) is 26.2 Å². The predicted octanol–water partition coefficient (Wildman–Crippen LogP) is 5.35. The van der Waals surface area contributed by atoms with E-state index in [1.807, 2.05) is 20.8 Å². The van der Waals surface area contributed by atoms with Gasteiger partial charge in [-0.05, 0) is 17.0 Å². The molecule has 0 saturated heterocycles. The summed E-state index contributed by atoms with van der Waals surface area (Å²) in [6, 6.07) is -1.35. The minimum atomic E-state index is -0.447. The van der Waals surface area contributed by atoms with E-state index in [9.17, 15) is 0 Å². The lowest BCUT2D eigenvalue weighted by atomic mass is 9.86. The van der Waals surface area contributed by atoms with Gasteiger partial charge in [-0.2, -0.15) is 0 Å². The first-order valence-corrected chi connectivity index (χ1v) is 6.22. The van der Waals surface area contributed by atoms with Crippen LogP contribution in [-0.4, -0.2) is 0 Å². The lowest BCUT2D eigenvalue weighted by Crippen LogP contribution is -2.10. The van der Waals surface area contributed by atoms with Crippen LogP contribution in [0.5, 0.6) is 0 Å². The van der Waals surface area contributed by atoms with Gasteiger partial charge in [0, 0.05) is 20.2 Å². The molecule has 3 aromatic rings. The Kier molecular flexibility index (Phi) is 1.16. The predicted molar refractivity (Wildman–Crippen MR) is 78.0 cm³/mol. The van der Waals surface area contributed by atoms with Gasteiger partial charge in [-0.3, -0.25) is 0 Å². The minimum absolute atomic E-state index is 0.0122. The first-order chi connectivity index (χ1) is 11.0. The summed E-state index contributed by atoms with van der Waals surface area (Å²) in [5.74, 6) is 0. The highest BCUT2D eigenvalue weighted by Crippen LogP contribution is 2.39. The van der Waals surface area contributed by atoms with E-state index in [1.54, 1.807) is 0 Å². The van der Waals surface area contributed by atoms with Crippen LogP contribution in [0.4, 0.5) is 0 Å². The van der Waals surface area contributed by atoms with Gasteiger partial charge in [-0.25, -0.2) is 0 Å². The first kappa shape index (κ1) is 5.53. The molecule has 0 fully saturated rings. The van der Waals surface area contributed by atoms with Gasteiger partial charge < -0.3 is 0 Å². The van der Waals surface area contributed by atoms with Gasteiger partial charge in [0.25, 0.3) is 0 Å². The third-order valence-electron chi connectivity index (χ3n) is 2.69. The molecule has 0 aliphatic rings. The van der Waals surface area contributed by atoms with Crippen molar-refractivity contribution in [2.75, 3.05) is 0 Å². The molecule has 86 valence electrons. The smallest absolute Gasteiger partial charge is 0.0638 e. The number of thiophene rings is 1. The lowest BCUT2D eigenvalue weighted by molar-refractivity contribution is 0.597. The Morgan fingerprint density at radius 3 is 2.41 bits per heavy atom. The Hall–Kier alpha value is -1.34. The number of hydrogen-bond donors (Lipinski definition) is 0. The van der Waals surface area contributed by atoms with Crippen LogP contribution < -0.4 is 0 Å². The van der Waals surface area contributed by atoms with Crippen molar-refractivity contribution in [1.29, 1.82) is 0 Å². The summed E-state index contributed by atoms with van der Waals surface area (Å²) in [5.41, 5.74) is 0.161. The highest BCUT2D eigenvalue weighted by atomic mass is 32.1. The fourth-order valence-electron chi connectivity index (χ4n) is 1.86. The monoisotopic (exact) mass is 247 g/mol. The first-order valence-electron chi connectivity index (χ1n) is 8.91. The van der Waals surface area contributed by atoms with Crippen molar-refractivity contribution in [1.82, 2.24) is 0 Å². The molecule has 17 heavy (non-hydrogen) atoms. The van der Waals surface area contributed by atoms with E-state index >= 15 is 0 Å². The summed E-state index contributed by atoms with van der Waals surface area (Å²) in [5, 5.41) is 0.637. The van der Waals surface area contributed by atoms with Gasteiger partial charge >= 0.3 is 0 Å². The van der Waals surface area contributed by atoms with E-state index in [2.05, 4.69) is 0 Å². The summed E-state index contributed by atoms with van der Waals surface area (Å²) >= 11 is 1.18. The third-order valence-corrected chi connectivity index (χ3v) is 3.81. The fraction of sp³-hybridized carbons (Fsp3) is 0.250. The second-order valence-electron chi connectivity index (χ2n) is 5.01. The Morgan fingerprint density at radius 1 is 0.941 bits per heavy atom. The maximum absolute atomic E-state index is 8.27. The molecule has 1 aromatic heterocycles. The van der Waals surface area contributed by atoms with E-state index in [0.717, 1.165) is 0 Å². The molecule has 0 aliphatic heterocycles. The number of fused-ring (bicyclic) bond motifs is 3.